The number of carbonyl (C=O) groups excluding carboxylic acids is 2. The van der Waals surface area contributed by atoms with Crippen LogP contribution in [0.15, 0.2) is 79.4 Å². The minimum Gasteiger partial charge on any atom is -0.489 e. The molecule has 0 aliphatic heterocycles. The number of primary amides is 1. The molecular formula is C26H22ClN7O3. The molecule has 0 spiro atoms. The zero-order valence-electron chi connectivity index (χ0n) is 19.4. The highest BCUT2D eigenvalue weighted by molar-refractivity contribution is 6.31. The van der Waals surface area contributed by atoms with Crippen LogP contribution in [0.4, 0.5) is 17.1 Å². The number of pyridine rings is 2. The smallest absolute Gasteiger partial charge is 0.257 e. The summed E-state index contributed by atoms with van der Waals surface area (Å²) in [6, 6.07) is 17.2. The lowest BCUT2D eigenvalue weighted by Crippen LogP contribution is -2.12. The van der Waals surface area contributed by atoms with Gasteiger partial charge in [-0.2, -0.15) is 5.26 Å². The van der Waals surface area contributed by atoms with Crippen LogP contribution >= 0.6 is 11.6 Å². The molecule has 0 saturated carbocycles. The molecule has 0 radical (unpaired) electrons. The lowest BCUT2D eigenvalue weighted by atomic mass is 10.1. The molecule has 7 N–H and O–H groups in total. The van der Waals surface area contributed by atoms with Crippen molar-refractivity contribution in [1.29, 1.82) is 5.26 Å². The SMILES string of the molecule is N#Cc1cc(COc2ccc(NC(=O)c3cncc(N)c3)cc2)ccc1Cl.NC(=O)c1cncc(N)c1. The summed E-state index contributed by atoms with van der Waals surface area (Å²) in [5, 5.41) is 12.2. The van der Waals surface area contributed by atoms with Crippen LogP contribution in [-0.4, -0.2) is 21.8 Å². The van der Waals surface area contributed by atoms with Crippen LogP contribution in [0.25, 0.3) is 0 Å². The Labute approximate surface area is 217 Å². The maximum absolute atomic E-state index is 12.2. The van der Waals surface area contributed by atoms with Gasteiger partial charge < -0.3 is 27.3 Å². The molecule has 2 heterocycles. The van der Waals surface area contributed by atoms with Crippen molar-refractivity contribution in [3.8, 4) is 11.8 Å². The van der Waals surface area contributed by atoms with Crippen molar-refractivity contribution >= 4 is 40.5 Å². The number of benzene rings is 2. The largest absolute Gasteiger partial charge is 0.489 e. The molecule has 2 aromatic heterocycles. The van der Waals surface area contributed by atoms with Gasteiger partial charge in [0, 0.05) is 30.5 Å². The third-order valence-corrected chi connectivity index (χ3v) is 5.06. The molecule has 186 valence electrons. The minimum absolute atomic E-state index is 0.298. The van der Waals surface area contributed by atoms with E-state index in [1.165, 1.54) is 30.9 Å². The van der Waals surface area contributed by atoms with Crippen LogP contribution in [0, 0.1) is 11.3 Å². The summed E-state index contributed by atoms with van der Waals surface area (Å²) in [6.45, 7) is 0.298. The number of aromatic nitrogens is 2. The number of nitrogens with zero attached hydrogens (tertiary/aromatic N) is 3. The van der Waals surface area contributed by atoms with Crippen molar-refractivity contribution in [2.24, 2.45) is 5.73 Å². The average molecular weight is 516 g/mol. The Morgan fingerprint density at radius 1 is 0.919 bits per heavy atom. The predicted molar refractivity (Wildman–Crippen MR) is 141 cm³/mol. The van der Waals surface area contributed by atoms with E-state index in [1.54, 1.807) is 48.5 Å². The van der Waals surface area contributed by atoms with E-state index >= 15 is 0 Å². The molecule has 0 bridgehead atoms. The average Bonchev–Trinajstić information content (AvgIpc) is 2.89. The van der Waals surface area contributed by atoms with Crippen LogP contribution in [0.1, 0.15) is 31.8 Å². The third-order valence-electron chi connectivity index (χ3n) is 4.73. The van der Waals surface area contributed by atoms with Crippen LogP contribution in [0.5, 0.6) is 5.75 Å². The number of hydrogen-bond donors (Lipinski definition) is 4. The Hall–Kier alpha value is -5.14. The number of carbonyl (C=O) groups is 2. The Bertz CT molecular complexity index is 1450. The van der Waals surface area contributed by atoms with E-state index in [9.17, 15) is 9.59 Å². The molecular weight excluding hydrogens is 494 g/mol. The molecule has 4 rings (SSSR count). The first-order valence-electron chi connectivity index (χ1n) is 10.7. The molecule has 0 aliphatic carbocycles. The molecule has 0 atom stereocenters. The summed E-state index contributed by atoms with van der Waals surface area (Å²) in [6.07, 6.45) is 5.75. The summed E-state index contributed by atoms with van der Waals surface area (Å²) in [5.41, 5.74) is 19.4. The molecule has 10 nitrogen and oxygen atoms in total. The first kappa shape index (κ1) is 26.5. The van der Waals surface area contributed by atoms with E-state index in [0.717, 1.165) is 5.56 Å². The standard InChI is InChI=1S/C20H15ClN4O2.C6H7N3O/c21-19-6-1-13(7-14(19)9-22)12-27-18-4-2-17(3-5-18)25-20(26)15-8-16(23)11-24-10-15;7-5-1-4(6(8)10)2-9-3-5/h1-8,10-11H,12,23H2,(H,25,26);1-3H,7H2,(H2,8,10). The molecule has 0 aliphatic rings. The van der Waals surface area contributed by atoms with E-state index in [0.29, 0.717) is 51.1 Å². The highest BCUT2D eigenvalue weighted by atomic mass is 35.5. The second kappa shape index (κ2) is 12.5. The first-order valence-corrected chi connectivity index (χ1v) is 11.1. The molecule has 2 aromatic carbocycles. The maximum atomic E-state index is 12.2. The van der Waals surface area contributed by atoms with Gasteiger partial charge in [-0.3, -0.25) is 19.6 Å². The Morgan fingerprint density at radius 3 is 2.11 bits per heavy atom. The van der Waals surface area contributed by atoms with Gasteiger partial charge in [-0.05, 0) is 54.1 Å². The molecule has 2 amide bonds. The molecule has 4 aromatic rings. The number of anilines is 3. The number of nitrogens with two attached hydrogens (primary N) is 3. The van der Waals surface area contributed by atoms with Crippen molar-refractivity contribution in [2.45, 2.75) is 6.61 Å². The van der Waals surface area contributed by atoms with E-state index in [4.69, 9.17) is 38.8 Å². The van der Waals surface area contributed by atoms with E-state index in [1.807, 2.05) is 6.07 Å². The van der Waals surface area contributed by atoms with Crippen LogP contribution in [0.2, 0.25) is 5.02 Å². The highest BCUT2D eigenvalue weighted by Crippen LogP contribution is 2.20. The van der Waals surface area contributed by atoms with Crippen molar-refractivity contribution in [2.75, 3.05) is 16.8 Å². The van der Waals surface area contributed by atoms with E-state index < -0.39 is 5.91 Å². The summed E-state index contributed by atoms with van der Waals surface area (Å²) >= 11 is 5.92. The zero-order chi connectivity index (χ0) is 26.8. The quantitative estimate of drug-likeness (QED) is 0.299. The normalized spacial score (nSPS) is 9.84. The summed E-state index contributed by atoms with van der Waals surface area (Å²) in [7, 11) is 0. The van der Waals surface area contributed by atoms with Gasteiger partial charge in [0.05, 0.1) is 33.1 Å². The third kappa shape index (κ3) is 7.95. The van der Waals surface area contributed by atoms with Crippen LogP contribution in [-0.2, 0) is 6.61 Å². The topological polar surface area (TPSA) is 183 Å². The second-order valence-electron chi connectivity index (χ2n) is 7.57. The summed E-state index contributed by atoms with van der Waals surface area (Å²) in [5.74, 6) is -0.180. The van der Waals surface area contributed by atoms with Crippen molar-refractivity contribution in [3.63, 3.8) is 0 Å². The van der Waals surface area contributed by atoms with Crippen molar-refractivity contribution in [3.05, 3.63) is 107 Å². The molecule has 0 fully saturated rings. The monoisotopic (exact) mass is 515 g/mol. The van der Waals surface area contributed by atoms with Gasteiger partial charge in [0.2, 0.25) is 5.91 Å². The molecule has 0 unspecified atom stereocenters. The number of amides is 2. The van der Waals surface area contributed by atoms with Crippen molar-refractivity contribution in [1.82, 2.24) is 9.97 Å². The minimum atomic E-state index is -0.514. The fourth-order valence-electron chi connectivity index (χ4n) is 2.93. The number of ether oxygens (including phenoxy) is 1. The number of nitrogen functional groups attached to an aromatic ring is 2. The van der Waals surface area contributed by atoms with Crippen LogP contribution < -0.4 is 27.3 Å². The zero-order valence-corrected chi connectivity index (χ0v) is 20.1. The highest BCUT2D eigenvalue weighted by Gasteiger charge is 2.07. The molecule has 11 heteroatoms. The number of nitriles is 1. The van der Waals surface area contributed by atoms with Gasteiger partial charge in [0.1, 0.15) is 18.4 Å². The van der Waals surface area contributed by atoms with Gasteiger partial charge >= 0.3 is 0 Å². The number of nitrogens with one attached hydrogen (secondary N) is 1. The summed E-state index contributed by atoms with van der Waals surface area (Å²) < 4.78 is 5.70. The van der Waals surface area contributed by atoms with Crippen molar-refractivity contribution < 1.29 is 14.3 Å². The van der Waals surface area contributed by atoms with Crippen LogP contribution in [0.3, 0.4) is 0 Å². The lowest BCUT2D eigenvalue weighted by molar-refractivity contribution is 0.0997. The molecule has 37 heavy (non-hydrogen) atoms. The molecule has 0 saturated heterocycles. The van der Waals surface area contributed by atoms with Gasteiger partial charge in [-0.25, -0.2) is 0 Å². The Kier molecular flexibility index (Phi) is 8.96. The van der Waals surface area contributed by atoms with Gasteiger partial charge in [0.25, 0.3) is 5.91 Å². The van der Waals surface area contributed by atoms with Gasteiger partial charge in [-0.1, -0.05) is 17.7 Å². The van der Waals surface area contributed by atoms with Gasteiger partial charge in [-0.15, -0.1) is 0 Å². The summed E-state index contributed by atoms with van der Waals surface area (Å²) in [4.78, 5) is 30.2. The first-order chi connectivity index (χ1) is 17.7. The number of rotatable bonds is 6. The predicted octanol–water partition coefficient (Wildman–Crippen LogP) is 3.78. The van der Waals surface area contributed by atoms with E-state index in [2.05, 4.69) is 15.3 Å². The lowest BCUT2D eigenvalue weighted by Gasteiger charge is -2.09. The Morgan fingerprint density at radius 2 is 1.54 bits per heavy atom. The fraction of sp³-hybridized carbons (Fsp3) is 0.0385. The number of halogens is 1. The van der Waals surface area contributed by atoms with E-state index in [-0.39, 0.29) is 5.91 Å². The fourth-order valence-corrected chi connectivity index (χ4v) is 3.09. The second-order valence-corrected chi connectivity index (χ2v) is 7.98. The maximum Gasteiger partial charge on any atom is 0.257 e. The number of hydrogen-bond acceptors (Lipinski definition) is 8. The van der Waals surface area contributed by atoms with Gasteiger partial charge in [0.15, 0.2) is 0 Å². The Balaban J connectivity index is 0.000000319.